The molecule has 3 nitrogen and oxygen atoms in total. The third-order valence-corrected chi connectivity index (χ3v) is 3.09. The Bertz CT molecular complexity index is 581. The van der Waals surface area contributed by atoms with Crippen LogP contribution in [-0.2, 0) is 18.0 Å². The molecule has 0 heterocycles. The Morgan fingerprint density at radius 3 is 2.32 bits per heavy atom. The van der Waals surface area contributed by atoms with Gasteiger partial charge in [0.1, 0.15) is 0 Å². The monoisotopic (exact) mass is 320 g/mol. The molecular formula is C15H13BrO3. The number of rotatable bonds is 5. The molecule has 0 aromatic heterocycles. The van der Waals surface area contributed by atoms with Crippen LogP contribution < -0.4 is 0 Å². The quantitative estimate of drug-likeness (QED) is 0.909. The molecule has 4 heteroatoms. The SMILES string of the molecule is O=C(O)c1cccc(COCc2cccc(Br)c2)c1. The molecule has 2 aromatic rings. The van der Waals surface area contributed by atoms with Gasteiger partial charge in [-0.15, -0.1) is 0 Å². The van der Waals surface area contributed by atoms with Gasteiger partial charge < -0.3 is 9.84 Å². The molecule has 0 amide bonds. The van der Waals surface area contributed by atoms with Gasteiger partial charge in [0.05, 0.1) is 18.8 Å². The molecule has 0 spiro atoms. The van der Waals surface area contributed by atoms with E-state index in [0.717, 1.165) is 15.6 Å². The first-order chi connectivity index (χ1) is 9.15. The van der Waals surface area contributed by atoms with E-state index in [0.29, 0.717) is 13.2 Å². The van der Waals surface area contributed by atoms with Crippen LogP contribution in [0.3, 0.4) is 0 Å². The van der Waals surface area contributed by atoms with Crippen molar-refractivity contribution < 1.29 is 14.6 Å². The predicted octanol–water partition coefficient (Wildman–Crippen LogP) is 3.86. The van der Waals surface area contributed by atoms with Gasteiger partial charge in [-0.1, -0.05) is 40.2 Å². The van der Waals surface area contributed by atoms with Crippen molar-refractivity contribution in [3.05, 3.63) is 69.7 Å². The zero-order valence-electron chi connectivity index (χ0n) is 10.2. The van der Waals surface area contributed by atoms with E-state index in [2.05, 4.69) is 15.9 Å². The van der Waals surface area contributed by atoms with Crippen LogP contribution in [0.4, 0.5) is 0 Å². The van der Waals surface area contributed by atoms with Crippen LogP contribution in [-0.4, -0.2) is 11.1 Å². The lowest BCUT2D eigenvalue weighted by atomic mass is 10.1. The Labute approximate surface area is 120 Å². The molecule has 2 aromatic carbocycles. The number of hydrogen-bond donors (Lipinski definition) is 1. The molecule has 0 bridgehead atoms. The van der Waals surface area contributed by atoms with Crippen LogP contribution in [0.15, 0.2) is 53.0 Å². The topological polar surface area (TPSA) is 46.5 Å². The number of aromatic carboxylic acids is 1. The highest BCUT2D eigenvalue weighted by Crippen LogP contribution is 2.13. The van der Waals surface area contributed by atoms with Gasteiger partial charge >= 0.3 is 5.97 Å². The second-order valence-electron chi connectivity index (χ2n) is 4.13. The average Bonchev–Trinajstić information content (AvgIpc) is 2.39. The summed E-state index contributed by atoms with van der Waals surface area (Å²) in [6, 6.07) is 14.7. The maximum absolute atomic E-state index is 10.8. The van der Waals surface area contributed by atoms with Crippen LogP contribution in [0.1, 0.15) is 21.5 Å². The molecule has 2 rings (SSSR count). The molecule has 98 valence electrons. The Morgan fingerprint density at radius 2 is 1.68 bits per heavy atom. The second kappa shape index (κ2) is 6.50. The highest BCUT2D eigenvalue weighted by atomic mass is 79.9. The van der Waals surface area contributed by atoms with Gasteiger partial charge in [-0.05, 0) is 35.4 Å². The van der Waals surface area contributed by atoms with Crippen LogP contribution in [0.2, 0.25) is 0 Å². The van der Waals surface area contributed by atoms with Crippen molar-refractivity contribution in [3.8, 4) is 0 Å². The summed E-state index contributed by atoms with van der Waals surface area (Å²) < 4.78 is 6.60. The summed E-state index contributed by atoms with van der Waals surface area (Å²) >= 11 is 3.40. The van der Waals surface area contributed by atoms with Gasteiger partial charge in [0.2, 0.25) is 0 Å². The van der Waals surface area contributed by atoms with E-state index >= 15 is 0 Å². The summed E-state index contributed by atoms with van der Waals surface area (Å²) in [6.45, 7) is 0.893. The van der Waals surface area contributed by atoms with E-state index in [9.17, 15) is 4.79 Å². The van der Waals surface area contributed by atoms with Gasteiger partial charge in [-0.2, -0.15) is 0 Å². The number of carboxylic acid groups (broad SMARTS) is 1. The Balaban J connectivity index is 1.92. The number of halogens is 1. The molecule has 0 saturated carbocycles. The molecule has 0 atom stereocenters. The van der Waals surface area contributed by atoms with Crippen LogP contribution in [0.5, 0.6) is 0 Å². The zero-order chi connectivity index (χ0) is 13.7. The van der Waals surface area contributed by atoms with E-state index in [1.807, 2.05) is 30.3 Å². The average molecular weight is 321 g/mol. The number of carbonyl (C=O) groups is 1. The third-order valence-electron chi connectivity index (χ3n) is 2.60. The lowest BCUT2D eigenvalue weighted by molar-refractivity contribution is 0.0696. The second-order valence-corrected chi connectivity index (χ2v) is 5.04. The van der Waals surface area contributed by atoms with Crippen LogP contribution in [0.25, 0.3) is 0 Å². The molecule has 19 heavy (non-hydrogen) atoms. The summed E-state index contributed by atoms with van der Waals surface area (Å²) in [5.74, 6) is -0.922. The minimum absolute atomic E-state index is 0.281. The smallest absolute Gasteiger partial charge is 0.335 e. The van der Waals surface area contributed by atoms with Crippen molar-refractivity contribution in [1.29, 1.82) is 0 Å². The standard InChI is InChI=1S/C15H13BrO3/c16-14-6-2-4-12(8-14)10-19-9-11-3-1-5-13(7-11)15(17)18/h1-8H,9-10H2,(H,17,18). The summed E-state index contributed by atoms with van der Waals surface area (Å²) in [5.41, 5.74) is 2.21. The number of ether oxygens (including phenoxy) is 1. The molecule has 0 aliphatic carbocycles. The Morgan fingerprint density at radius 1 is 1.05 bits per heavy atom. The fourth-order valence-electron chi connectivity index (χ4n) is 1.71. The zero-order valence-corrected chi connectivity index (χ0v) is 11.8. The van der Waals surface area contributed by atoms with Crippen molar-refractivity contribution in [2.45, 2.75) is 13.2 Å². The van der Waals surface area contributed by atoms with Crippen LogP contribution >= 0.6 is 15.9 Å². The maximum atomic E-state index is 10.8. The molecule has 0 radical (unpaired) electrons. The maximum Gasteiger partial charge on any atom is 0.335 e. The Hall–Kier alpha value is -1.65. The molecule has 0 fully saturated rings. The predicted molar refractivity (Wildman–Crippen MR) is 76.0 cm³/mol. The van der Waals surface area contributed by atoms with E-state index in [1.165, 1.54) is 0 Å². The first kappa shape index (κ1) is 13.8. The summed E-state index contributed by atoms with van der Waals surface area (Å²) in [6.07, 6.45) is 0. The fraction of sp³-hybridized carbons (Fsp3) is 0.133. The third kappa shape index (κ3) is 4.19. The van der Waals surface area contributed by atoms with E-state index in [4.69, 9.17) is 9.84 Å². The highest BCUT2D eigenvalue weighted by Gasteiger charge is 2.03. The lowest BCUT2D eigenvalue weighted by Gasteiger charge is -2.06. The van der Waals surface area contributed by atoms with Gasteiger partial charge in [0.15, 0.2) is 0 Å². The highest BCUT2D eigenvalue weighted by molar-refractivity contribution is 9.10. The first-order valence-electron chi connectivity index (χ1n) is 5.79. The molecular weight excluding hydrogens is 308 g/mol. The van der Waals surface area contributed by atoms with Crippen molar-refractivity contribution >= 4 is 21.9 Å². The van der Waals surface area contributed by atoms with E-state index in [-0.39, 0.29) is 5.56 Å². The number of carboxylic acids is 1. The van der Waals surface area contributed by atoms with Gasteiger partial charge in [-0.25, -0.2) is 4.79 Å². The van der Waals surface area contributed by atoms with Gasteiger partial charge in [-0.3, -0.25) is 0 Å². The summed E-state index contributed by atoms with van der Waals surface area (Å²) in [4.78, 5) is 10.8. The minimum Gasteiger partial charge on any atom is -0.478 e. The molecule has 0 aliphatic heterocycles. The minimum atomic E-state index is -0.922. The summed E-state index contributed by atoms with van der Waals surface area (Å²) in [7, 11) is 0. The first-order valence-corrected chi connectivity index (χ1v) is 6.59. The molecule has 0 aliphatic rings. The number of hydrogen-bond acceptors (Lipinski definition) is 2. The molecule has 0 saturated heterocycles. The summed E-state index contributed by atoms with van der Waals surface area (Å²) in [5, 5.41) is 8.90. The lowest BCUT2D eigenvalue weighted by Crippen LogP contribution is -1.99. The largest absolute Gasteiger partial charge is 0.478 e. The number of benzene rings is 2. The van der Waals surface area contributed by atoms with Crippen molar-refractivity contribution in [2.75, 3.05) is 0 Å². The van der Waals surface area contributed by atoms with Crippen molar-refractivity contribution in [2.24, 2.45) is 0 Å². The van der Waals surface area contributed by atoms with Crippen molar-refractivity contribution in [1.82, 2.24) is 0 Å². The molecule has 1 N–H and O–H groups in total. The fourth-order valence-corrected chi connectivity index (χ4v) is 2.15. The van der Waals surface area contributed by atoms with E-state index in [1.54, 1.807) is 18.2 Å². The van der Waals surface area contributed by atoms with E-state index < -0.39 is 5.97 Å². The van der Waals surface area contributed by atoms with Gasteiger partial charge in [0, 0.05) is 4.47 Å². The van der Waals surface area contributed by atoms with Crippen molar-refractivity contribution in [3.63, 3.8) is 0 Å². The van der Waals surface area contributed by atoms with Gasteiger partial charge in [0.25, 0.3) is 0 Å². The normalized spacial score (nSPS) is 10.4. The van der Waals surface area contributed by atoms with Crippen LogP contribution in [0, 0.1) is 0 Å². The Kier molecular flexibility index (Phi) is 4.71. The molecule has 0 unspecified atom stereocenters.